The molecule has 0 saturated heterocycles. The van der Waals surface area contributed by atoms with E-state index in [4.69, 9.17) is 0 Å². The van der Waals surface area contributed by atoms with E-state index in [1.807, 2.05) is 41.4 Å². The van der Waals surface area contributed by atoms with Gasteiger partial charge in [-0.05, 0) is 36.2 Å². The zero-order chi connectivity index (χ0) is 15.6. The van der Waals surface area contributed by atoms with E-state index in [9.17, 15) is 0 Å². The third-order valence-electron chi connectivity index (χ3n) is 3.91. The van der Waals surface area contributed by atoms with Crippen LogP contribution in [0.15, 0.2) is 61.2 Å². The maximum atomic E-state index is 4.54. The average Bonchev–Trinajstić information content (AvgIpc) is 3.23. The van der Waals surface area contributed by atoms with Gasteiger partial charge in [-0.15, -0.1) is 0 Å². The Morgan fingerprint density at radius 2 is 2.09 bits per heavy atom. The number of fused-ring (bicyclic) bond motifs is 1. The Bertz CT molecular complexity index is 904. The minimum absolute atomic E-state index is 0.710. The Kier molecular flexibility index (Phi) is 3.31. The van der Waals surface area contributed by atoms with Crippen molar-refractivity contribution < 1.29 is 0 Å². The van der Waals surface area contributed by atoms with Crippen LogP contribution in [0.2, 0.25) is 0 Å². The summed E-state index contributed by atoms with van der Waals surface area (Å²) in [5.41, 5.74) is 5.57. The molecule has 2 aromatic heterocycles. The summed E-state index contributed by atoms with van der Waals surface area (Å²) >= 11 is 0. The molecule has 5 nitrogen and oxygen atoms in total. The monoisotopic (exact) mass is 303 g/mol. The van der Waals surface area contributed by atoms with Gasteiger partial charge in [-0.3, -0.25) is 0 Å². The van der Waals surface area contributed by atoms with E-state index in [2.05, 4.69) is 45.4 Å². The van der Waals surface area contributed by atoms with Crippen LogP contribution in [0.5, 0.6) is 0 Å². The number of rotatable bonds is 4. The highest BCUT2D eigenvalue weighted by atomic mass is 15.1. The highest BCUT2D eigenvalue weighted by Gasteiger charge is 2.04. The first-order chi connectivity index (χ1) is 11.3. The Labute approximate surface area is 134 Å². The number of hydrogen-bond acceptors (Lipinski definition) is 3. The third-order valence-corrected chi connectivity index (χ3v) is 3.91. The van der Waals surface area contributed by atoms with E-state index >= 15 is 0 Å². The summed E-state index contributed by atoms with van der Waals surface area (Å²) < 4.78 is 2.03. The Morgan fingerprint density at radius 1 is 1.17 bits per heavy atom. The molecule has 0 aliphatic carbocycles. The molecule has 0 aliphatic rings. The average molecular weight is 303 g/mol. The minimum Gasteiger partial charge on any atom is -0.352 e. The van der Waals surface area contributed by atoms with Gasteiger partial charge >= 0.3 is 0 Å². The van der Waals surface area contributed by atoms with Gasteiger partial charge in [-0.25, -0.2) is 9.97 Å². The van der Waals surface area contributed by atoms with Crippen molar-refractivity contribution in [3.05, 3.63) is 72.3 Å². The van der Waals surface area contributed by atoms with Gasteiger partial charge in [0.2, 0.25) is 5.95 Å². The second-order valence-electron chi connectivity index (χ2n) is 5.55. The molecule has 0 unspecified atom stereocenters. The SMILES string of the molecule is Cc1ccc(CNc2nc3ccccc3[nH]2)cc1-n1ccnc1. The van der Waals surface area contributed by atoms with Crippen LogP contribution in [0, 0.1) is 6.92 Å². The van der Waals surface area contributed by atoms with Crippen molar-refractivity contribution in [1.29, 1.82) is 0 Å². The van der Waals surface area contributed by atoms with Crippen LogP contribution in [0.4, 0.5) is 5.95 Å². The number of aromatic amines is 1. The number of nitrogens with one attached hydrogen (secondary N) is 2. The second-order valence-corrected chi connectivity index (χ2v) is 5.55. The number of aryl methyl sites for hydroxylation is 1. The van der Waals surface area contributed by atoms with E-state index in [1.54, 1.807) is 6.20 Å². The molecule has 0 spiro atoms. The van der Waals surface area contributed by atoms with Crippen LogP contribution >= 0.6 is 0 Å². The van der Waals surface area contributed by atoms with Crippen molar-refractivity contribution in [2.24, 2.45) is 0 Å². The molecule has 2 aromatic carbocycles. The van der Waals surface area contributed by atoms with E-state index in [0.717, 1.165) is 22.7 Å². The molecule has 0 fully saturated rings. The quantitative estimate of drug-likeness (QED) is 0.605. The molecule has 0 aliphatic heterocycles. The van der Waals surface area contributed by atoms with Gasteiger partial charge in [0.25, 0.3) is 0 Å². The molecule has 2 heterocycles. The number of benzene rings is 2. The van der Waals surface area contributed by atoms with E-state index in [-0.39, 0.29) is 0 Å². The molecular formula is C18H17N5. The highest BCUT2D eigenvalue weighted by molar-refractivity contribution is 5.77. The molecule has 114 valence electrons. The zero-order valence-electron chi connectivity index (χ0n) is 12.8. The van der Waals surface area contributed by atoms with Gasteiger partial charge in [-0.1, -0.05) is 24.3 Å². The normalized spacial score (nSPS) is 11.0. The van der Waals surface area contributed by atoms with Crippen LogP contribution in [0.1, 0.15) is 11.1 Å². The van der Waals surface area contributed by atoms with Crippen LogP contribution in [0.25, 0.3) is 16.7 Å². The fourth-order valence-corrected chi connectivity index (χ4v) is 2.67. The third kappa shape index (κ3) is 2.68. The first-order valence-corrected chi connectivity index (χ1v) is 7.56. The number of imidazole rings is 2. The van der Waals surface area contributed by atoms with Gasteiger partial charge in [-0.2, -0.15) is 0 Å². The summed E-state index contributed by atoms with van der Waals surface area (Å²) in [6.45, 7) is 2.81. The van der Waals surface area contributed by atoms with E-state index in [0.29, 0.717) is 6.54 Å². The lowest BCUT2D eigenvalue weighted by Gasteiger charge is -2.10. The van der Waals surface area contributed by atoms with Crippen LogP contribution in [-0.2, 0) is 6.54 Å². The highest BCUT2D eigenvalue weighted by Crippen LogP contribution is 2.18. The van der Waals surface area contributed by atoms with Crippen LogP contribution in [-0.4, -0.2) is 19.5 Å². The predicted octanol–water partition coefficient (Wildman–Crippen LogP) is 3.67. The smallest absolute Gasteiger partial charge is 0.201 e. The second kappa shape index (κ2) is 5.61. The first kappa shape index (κ1) is 13.6. The number of H-pyrrole nitrogens is 1. The standard InChI is InChI=1S/C18H17N5/c1-13-6-7-14(10-17(13)23-9-8-19-12-23)11-20-18-21-15-4-2-3-5-16(15)22-18/h2-10,12H,11H2,1H3,(H2,20,21,22). The van der Waals surface area contributed by atoms with E-state index < -0.39 is 0 Å². The molecule has 0 amide bonds. The lowest BCUT2D eigenvalue weighted by molar-refractivity contribution is 1.02. The maximum Gasteiger partial charge on any atom is 0.201 e. The summed E-state index contributed by atoms with van der Waals surface area (Å²) in [4.78, 5) is 11.9. The largest absolute Gasteiger partial charge is 0.352 e. The molecule has 5 heteroatoms. The van der Waals surface area contributed by atoms with Gasteiger partial charge in [0, 0.05) is 24.6 Å². The van der Waals surface area contributed by atoms with Crippen molar-refractivity contribution in [2.45, 2.75) is 13.5 Å². The summed E-state index contributed by atoms with van der Waals surface area (Å²) in [5.74, 6) is 0.788. The summed E-state index contributed by atoms with van der Waals surface area (Å²) in [7, 11) is 0. The first-order valence-electron chi connectivity index (χ1n) is 7.56. The number of aromatic nitrogens is 4. The Morgan fingerprint density at radius 3 is 2.91 bits per heavy atom. The van der Waals surface area contributed by atoms with Crippen LogP contribution < -0.4 is 5.32 Å². The molecule has 2 N–H and O–H groups in total. The van der Waals surface area contributed by atoms with Gasteiger partial charge in [0.05, 0.1) is 17.4 Å². The topological polar surface area (TPSA) is 58.5 Å². The number of anilines is 1. The molecule has 4 aromatic rings. The van der Waals surface area contributed by atoms with Crippen LogP contribution in [0.3, 0.4) is 0 Å². The molecule has 4 rings (SSSR count). The zero-order valence-corrected chi connectivity index (χ0v) is 12.8. The van der Waals surface area contributed by atoms with Gasteiger partial charge < -0.3 is 14.9 Å². The maximum absolute atomic E-state index is 4.54. The molecule has 23 heavy (non-hydrogen) atoms. The van der Waals surface area contributed by atoms with Crippen molar-refractivity contribution in [3.63, 3.8) is 0 Å². The number of hydrogen-bond donors (Lipinski definition) is 2. The van der Waals surface area contributed by atoms with Crippen molar-refractivity contribution in [1.82, 2.24) is 19.5 Å². The summed E-state index contributed by atoms with van der Waals surface area (Å²) in [6, 6.07) is 14.5. The predicted molar refractivity (Wildman–Crippen MR) is 91.7 cm³/mol. The molecular weight excluding hydrogens is 286 g/mol. The van der Waals surface area contributed by atoms with Gasteiger partial charge in [0.1, 0.15) is 0 Å². The lowest BCUT2D eigenvalue weighted by atomic mass is 10.1. The molecule has 0 bridgehead atoms. The lowest BCUT2D eigenvalue weighted by Crippen LogP contribution is -2.03. The fraction of sp³-hybridized carbons (Fsp3) is 0.111. The molecule has 0 radical (unpaired) electrons. The van der Waals surface area contributed by atoms with Crippen molar-refractivity contribution in [2.75, 3.05) is 5.32 Å². The number of nitrogens with zero attached hydrogens (tertiary/aromatic N) is 3. The Balaban J connectivity index is 1.56. The minimum atomic E-state index is 0.710. The summed E-state index contributed by atoms with van der Waals surface area (Å²) in [5, 5.41) is 3.35. The van der Waals surface area contributed by atoms with Gasteiger partial charge in [0.15, 0.2) is 0 Å². The Hall–Kier alpha value is -3.08. The molecule has 0 saturated carbocycles. The molecule has 0 atom stereocenters. The number of para-hydroxylation sites is 2. The fourth-order valence-electron chi connectivity index (χ4n) is 2.67. The van der Waals surface area contributed by atoms with E-state index in [1.165, 1.54) is 11.1 Å². The van der Waals surface area contributed by atoms with Crippen molar-refractivity contribution in [3.8, 4) is 5.69 Å². The van der Waals surface area contributed by atoms with Crippen molar-refractivity contribution >= 4 is 17.0 Å². The summed E-state index contributed by atoms with van der Waals surface area (Å²) in [6.07, 6.45) is 5.57.